The minimum absolute atomic E-state index is 0.156. The van der Waals surface area contributed by atoms with Gasteiger partial charge in [-0.3, -0.25) is 9.78 Å². The maximum Gasteiger partial charge on any atom is 0.331 e. The molecule has 2 heterocycles. The number of benzene rings is 1. The summed E-state index contributed by atoms with van der Waals surface area (Å²) < 4.78 is 0. The number of aromatic nitrogens is 2. The van der Waals surface area contributed by atoms with E-state index in [2.05, 4.69) is 9.97 Å². The van der Waals surface area contributed by atoms with Crippen molar-refractivity contribution in [1.29, 1.82) is 0 Å². The van der Waals surface area contributed by atoms with Crippen LogP contribution in [0.15, 0.2) is 42.9 Å². The summed E-state index contributed by atoms with van der Waals surface area (Å²) in [6.45, 7) is 0.351. The van der Waals surface area contributed by atoms with Gasteiger partial charge in [-0.15, -0.1) is 0 Å². The average Bonchev–Trinajstić information content (AvgIpc) is 2.53. The van der Waals surface area contributed by atoms with Gasteiger partial charge >= 0.3 is 5.97 Å². The minimum Gasteiger partial charge on any atom is -0.479 e. The minimum atomic E-state index is -1.04. The molecule has 3 rings (SSSR count). The number of hydrogen-bond acceptors (Lipinski definition) is 4. The number of amides is 1. The third-order valence-electron chi connectivity index (χ3n) is 3.56. The van der Waals surface area contributed by atoms with E-state index in [4.69, 9.17) is 0 Å². The molecule has 6 nitrogen and oxygen atoms in total. The number of carbonyl (C=O) groups excluding carboxylic acids is 1. The Bertz CT molecular complexity index is 688. The Labute approximate surface area is 121 Å². The fraction of sp³-hybridized carbons (Fsp3) is 0.200. The predicted octanol–water partition coefficient (Wildman–Crippen LogP) is 1.30. The molecule has 0 spiro atoms. The lowest BCUT2D eigenvalue weighted by Crippen LogP contribution is -2.43. The highest BCUT2D eigenvalue weighted by Gasteiger charge is 2.36. The van der Waals surface area contributed by atoms with Gasteiger partial charge in [-0.1, -0.05) is 24.3 Å². The first-order valence-electron chi connectivity index (χ1n) is 6.56. The average molecular weight is 283 g/mol. The second-order valence-corrected chi connectivity index (χ2v) is 4.78. The van der Waals surface area contributed by atoms with Gasteiger partial charge < -0.3 is 10.0 Å². The Morgan fingerprint density at radius 1 is 1.24 bits per heavy atom. The first-order chi connectivity index (χ1) is 10.2. The van der Waals surface area contributed by atoms with Crippen LogP contribution >= 0.6 is 0 Å². The summed E-state index contributed by atoms with van der Waals surface area (Å²) in [5.74, 6) is -1.45. The molecular formula is C15H13N3O3. The van der Waals surface area contributed by atoms with Crippen molar-refractivity contribution in [2.75, 3.05) is 6.54 Å². The number of carbonyl (C=O) groups is 2. The molecule has 6 heteroatoms. The number of aliphatic carboxylic acids is 1. The lowest BCUT2D eigenvalue weighted by Gasteiger charge is -2.34. The Morgan fingerprint density at radius 2 is 2.05 bits per heavy atom. The molecule has 0 fully saturated rings. The largest absolute Gasteiger partial charge is 0.479 e. The maximum atomic E-state index is 12.5. The fourth-order valence-electron chi connectivity index (χ4n) is 2.61. The van der Waals surface area contributed by atoms with E-state index in [-0.39, 0.29) is 5.69 Å². The second kappa shape index (κ2) is 5.32. The highest BCUT2D eigenvalue weighted by Crippen LogP contribution is 2.30. The molecule has 0 saturated heterocycles. The van der Waals surface area contributed by atoms with Crippen LogP contribution in [-0.2, 0) is 11.2 Å². The lowest BCUT2D eigenvalue weighted by molar-refractivity contribution is -0.143. The molecule has 21 heavy (non-hydrogen) atoms. The summed E-state index contributed by atoms with van der Waals surface area (Å²) in [7, 11) is 0. The maximum absolute atomic E-state index is 12.5. The smallest absolute Gasteiger partial charge is 0.331 e. The number of nitrogens with zero attached hydrogens (tertiary/aromatic N) is 3. The fourth-order valence-corrected chi connectivity index (χ4v) is 2.61. The van der Waals surface area contributed by atoms with Crippen molar-refractivity contribution in [1.82, 2.24) is 14.9 Å². The standard InChI is InChI=1S/C15H13N3O3/c19-14(12-9-16-6-7-17-12)18-8-5-10-3-1-2-4-11(10)13(18)15(20)21/h1-4,6-7,9,13H,5,8H2,(H,20,21). The third-order valence-corrected chi connectivity index (χ3v) is 3.56. The number of carboxylic acids is 1. The van der Waals surface area contributed by atoms with Crippen molar-refractivity contribution >= 4 is 11.9 Å². The number of rotatable bonds is 2. The summed E-state index contributed by atoms with van der Waals surface area (Å²) in [5, 5.41) is 9.52. The second-order valence-electron chi connectivity index (χ2n) is 4.78. The van der Waals surface area contributed by atoms with E-state index in [1.807, 2.05) is 12.1 Å². The molecule has 1 unspecified atom stereocenters. The van der Waals surface area contributed by atoms with Crippen LogP contribution in [0.2, 0.25) is 0 Å². The van der Waals surface area contributed by atoms with Gasteiger partial charge in [-0.25, -0.2) is 9.78 Å². The summed E-state index contributed by atoms with van der Waals surface area (Å²) >= 11 is 0. The van der Waals surface area contributed by atoms with E-state index in [1.165, 1.54) is 23.5 Å². The lowest BCUT2D eigenvalue weighted by atomic mass is 9.92. The van der Waals surface area contributed by atoms with Gasteiger partial charge in [0.2, 0.25) is 0 Å². The van der Waals surface area contributed by atoms with E-state index in [0.717, 1.165) is 5.56 Å². The Kier molecular flexibility index (Phi) is 3.35. The van der Waals surface area contributed by atoms with Gasteiger partial charge in [0.05, 0.1) is 6.20 Å². The van der Waals surface area contributed by atoms with Crippen molar-refractivity contribution in [3.63, 3.8) is 0 Å². The molecule has 0 bridgehead atoms. The van der Waals surface area contributed by atoms with Gasteiger partial charge in [-0.2, -0.15) is 0 Å². The molecule has 106 valence electrons. The first-order valence-corrected chi connectivity index (χ1v) is 6.56. The first kappa shape index (κ1) is 13.2. The van der Waals surface area contributed by atoms with Crippen LogP contribution < -0.4 is 0 Å². The molecule has 1 aromatic heterocycles. The zero-order valence-electron chi connectivity index (χ0n) is 11.1. The van der Waals surface area contributed by atoms with Crippen molar-refractivity contribution in [3.05, 3.63) is 59.7 Å². The van der Waals surface area contributed by atoms with Crippen LogP contribution in [0.1, 0.15) is 27.7 Å². The summed E-state index contributed by atoms with van der Waals surface area (Å²) in [4.78, 5) is 33.3. The molecule has 1 aliphatic rings. The summed E-state index contributed by atoms with van der Waals surface area (Å²) in [6, 6.07) is 6.33. The molecule has 1 aliphatic heterocycles. The summed E-state index contributed by atoms with van der Waals surface area (Å²) in [5.41, 5.74) is 1.78. The monoisotopic (exact) mass is 283 g/mol. The van der Waals surface area contributed by atoms with Gasteiger partial charge in [0.25, 0.3) is 5.91 Å². The topological polar surface area (TPSA) is 83.4 Å². The highest BCUT2D eigenvalue weighted by molar-refractivity contribution is 5.95. The third kappa shape index (κ3) is 2.35. The van der Waals surface area contributed by atoms with Crippen LogP contribution in [0.4, 0.5) is 0 Å². The van der Waals surface area contributed by atoms with Crippen LogP contribution in [0, 0.1) is 0 Å². The normalized spacial score (nSPS) is 17.1. The SMILES string of the molecule is O=C(O)C1c2ccccc2CCN1C(=O)c1cnccn1. The van der Waals surface area contributed by atoms with Crippen LogP contribution in [0.25, 0.3) is 0 Å². The van der Waals surface area contributed by atoms with E-state index in [9.17, 15) is 14.7 Å². The zero-order chi connectivity index (χ0) is 14.8. The Hall–Kier alpha value is -2.76. The highest BCUT2D eigenvalue weighted by atomic mass is 16.4. The van der Waals surface area contributed by atoms with Gasteiger partial charge in [0, 0.05) is 18.9 Å². The van der Waals surface area contributed by atoms with E-state index >= 15 is 0 Å². The van der Waals surface area contributed by atoms with Crippen LogP contribution in [0.3, 0.4) is 0 Å². The number of fused-ring (bicyclic) bond motifs is 1. The van der Waals surface area contributed by atoms with Crippen molar-refractivity contribution < 1.29 is 14.7 Å². The van der Waals surface area contributed by atoms with Crippen LogP contribution in [0.5, 0.6) is 0 Å². The van der Waals surface area contributed by atoms with Gasteiger partial charge in [-0.05, 0) is 17.5 Å². The van der Waals surface area contributed by atoms with Crippen LogP contribution in [-0.4, -0.2) is 38.4 Å². The quantitative estimate of drug-likeness (QED) is 0.898. The molecule has 1 aromatic carbocycles. The Balaban J connectivity index is 2.00. The van der Waals surface area contributed by atoms with Gasteiger partial charge in [0.15, 0.2) is 6.04 Å². The van der Waals surface area contributed by atoms with Crippen molar-refractivity contribution in [2.45, 2.75) is 12.5 Å². The van der Waals surface area contributed by atoms with E-state index in [1.54, 1.807) is 12.1 Å². The predicted molar refractivity (Wildman–Crippen MR) is 73.6 cm³/mol. The zero-order valence-corrected chi connectivity index (χ0v) is 11.1. The molecule has 2 aromatic rings. The molecule has 1 atom stereocenters. The number of hydrogen-bond donors (Lipinski definition) is 1. The Morgan fingerprint density at radius 3 is 2.76 bits per heavy atom. The molecule has 0 saturated carbocycles. The van der Waals surface area contributed by atoms with Gasteiger partial charge in [0.1, 0.15) is 5.69 Å². The van der Waals surface area contributed by atoms with Crippen molar-refractivity contribution in [2.24, 2.45) is 0 Å². The molecule has 0 aliphatic carbocycles. The molecular weight excluding hydrogens is 270 g/mol. The molecule has 1 amide bonds. The van der Waals surface area contributed by atoms with E-state index in [0.29, 0.717) is 18.5 Å². The molecule has 0 radical (unpaired) electrons. The number of carboxylic acid groups (broad SMARTS) is 1. The van der Waals surface area contributed by atoms with Crippen molar-refractivity contribution in [3.8, 4) is 0 Å². The molecule has 1 N–H and O–H groups in total. The van der Waals surface area contributed by atoms with E-state index < -0.39 is 17.9 Å². The summed E-state index contributed by atoms with van der Waals surface area (Å²) in [6.07, 6.45) is 4.87.